The number of amidine groups is 1. The molecular formula is C12H18N2S2. The Balaban J connectivity index is 1.81. The van der Waals surface area contributed by atoms with Gasteiger partial charge in [0.15, 0.2) is 5.17 Å². The van der Waals surface area contributed by atoms with Crippen molar-refractivity contribution in [3.63, 3.8) is 0 Å². The van der Waals surface area contributed by atoms with Crippen LogP contribution in [0.2, 0.25) is 0 Å². The number of nitrogens with zero attached hydrogens (tertiary/aromatic N) is 1. The summed E-state index contributed by atoms with van der Waals surface area (Å²) in [7, 11) is 0. The molecule has 0 aromatic carbocycles. The Morgan fingerprint density at radius 1 is 1.56 bits per heavy atom. The zero-order valence-electron chi connectivity index (χ0n) is 9.82. The van der Waals surface area contributed by atoms with Gasteiger partial charge in [-0.15, -0.1) is 0 Å². The first-order valence-electron chi connectivity index (χ1n) is 5.68. The molecule has 2 nitrogen and oxygen atoms in total. The van der Waals surface area contributed by atoms with Gasteiger partial charge in [0.05, 0.1) is 0 Å². The van der Waals surface area contributed by atoms with E-state index in [1.807, 2.05) is 11.8 Å². The summed E-state index contributed by atoms with van der Waals surface area (Å²) in [5.41, 5.74) is 1.65. The maximum absolute atomic E-state index is 4.61. The van der Waals surface area contributed by atoms with E-state index < -0.39 is 0 Å². The zero-order valence-corrected chi connectivity index (χ0v) is 11.5. The quantitative estimate of drug-likeness (QED) is 0.892. The van der Waals surface area contributed by atoms with Crippen LogP contribution in [0, 0.1) is 0 Å². The van der Waals surface area contributed by atoms with Crippen LogP contribution in [0.4, 0.5) is 0 Å². The van der Waals surface area contributed by atoms with Crippen LogP contribution < -0.4 is 5.32 Å². The number of hydrogen-bond donors (Lipinski definition) is 1. The highest BCUT2D eigenvalue weighted by Crippen LogP contribution is 2.25. The highest BCUT2D eigenvalue weighted by atomic mass is 32.2. The first-order valence-corrected chi connectivity index (χ1v) is 7.61. The minimum atomic E-state index is 0.256. The fraction of sp³-hybridized carbons (Fsp3) is 0.583. The second-order valence-electron chi connectivity index (χ2n) is 4.40. The summed E-state index contributed by atoms with van der Waals surface area (Å²) < 4.78 is 0. The van der Waals surface area contributed by atoms with E-state index in [0.29, 0.717) is 0 Å². The van der Waals surface area contributed by atoms with Crippen molar-refractivity contribution in [3.05, 3.63) is 22.4 Å². The average molecular weight is 254 g/mol. The Bertz CT molecular complexity index is 359. The monoisotopic (exact) mass is 254 g/mol. The molecule has 16 heavy (non-hydrogen) atoms. The van der Waals surface area contributed by atoms with E-state index in [1.54, 1.807) is 11.3 Å². The summed E-state index contributed by atoms with van der Waals surface area (Å²) in [5, 5.41) is 8.96. The number of thioether (sulfide) groups is 1. The molecule has 1 aromatic rings. The molecule has 88 valence electrons. The van der Waals surface area contributed by atoms with Crippen LogP contribution in [0.5, 0.6) is 0 Å². The smallest absolute Gasteiger partial charge is 0.157 e. The van der Waals surface area contributed by atoms with Crippen molar-refractivity contribution < 1.29 is 0 Å². The largest absolute Gasteiger partial charge is 0.359 e. The average Bonchev–Trinajstić information content (AvgIpc) is 2.90. The summed E-state index contributed by atoms with van der Waals surface area (Å²) in [6.45, 7) is 5.38. The SMILES string of the molecule is CCC1(C)CSC(=NCCc2ccsc2)N1. The molecule has 2 heterocycles. The van der Waals surface area contributed by atoms with Crippen LogP contribution in [0.3, 0.4) is 0 Å². The van der Waals surface area contributed by atoms with Gasteiger partial charge in [-0.25, -0.2) is 0 Å². The second-order valence-corrected chi connectivity index (χ2v) is 6.14. The minimum Gasteiger partial charge on any atom is -0.359 e. The van der Waals surface area contributed by atoms with Gasteiger partial charge in [0, 0.05) is 17.8 Å². The maximum atomic E-state index is 4.61. The molecule has 0 aliphatic carbocycles. The van der Waals surface area contributed by atoms with Crippen molar-refractivity contribution in [1.29, 1.82) is 0 Å². The van der Waals surface area contributed by atoms with Gasteiger partial charge in [-0.3, -0.25) is 4.99 Å². The van der Waals surface area contributed by atoms with E-state index in [4.69, 9.17) is 0 Å². The van der Waals surface area contributed by atoms with Crippen molar-refractivity contribution in [1.82, 2.24) is 5.32 Å². The lowest BCUT2D eigenvalue weighted by Gasteiger charge is -2.20. The number of rotatable bonds is 4. The standard InChI is InChI=1S/C12H18N2S2/c1-3-12(2)9-16-11(14-12)13-6-4-10-5-7-15-8-10/h5,7-8H,3-4,6,9H2,1-2H3,(H,13,14). The highest BCUT2D eigenvalue weighted by molar-refractivity contribution is 8.14. The number of thiophene rings is 1. The highest BCUT2D eigenvalue weighted by Gasteiger charge is 2.30. The van der Waals surface area contributed by atoms with E-state index in [-0.39, 0.29) is 5.54 Å². The Morgan fingerprint density at radius 3 is 3.06 bits per heavy atom. The van der Waals surface area contributed by atoms with Gasteiger partial charge >= 0.3 is 0 Å². The van der Waals surface area contributed by atoms with E-state index >= 15 is 0 Å². The van der Waals surface area contributed by atoms with Gasteiger partial charge in [0.1, 0.15) is 0 Å². The molecule has 0 amide bonds. The van der Waals surface area contributed by atoms with E-state index in [1.165, 1.54) is 5.56 Å². The fourth-order valence-electron chi connectivity index (χ4n) is 1.56. The molecule has 1 fully saturated rings. The molecule has 1 N–H and O–H groups in total. The van der Waals surface area contributed by atoms with Crippen molar-refractivity contribution in [2.75, 3.05) is 12.3 Å². The Hall–Kier alpha value is -0.480. The molecule has 0 bridgehead atoms. The predicted octanol–water partition coefficient (Wildman–Crippen LogP) is 3.15. The normalized spacial score (nSPS) is 27.2. The molecule has 1 aliphatic heterocycles. The number of aliphatic imine (C=N–C) groups is 1. The Kier molecular flexibility index (Phi) is 3.92. The summed E-state index contributed by atoms with van der Waals surface area (Å²) in [4.78, 5) is 4.61. The lowest BCUT2D eigenvalue weighted by molar-refractivity contribution is 0.466. The summed E-state index contributed by atoms with van der Waals surface area (Å²) >= 11 is 3.61. The van der Waals surface area contributed by atoms with Gasteiger partial charge in [-0.05, 0) is 42.2 Å². The lowest BCUT2D eigenvalue weighted by atomic mass is 10.0. The van der Waals surface area contributed by atoms with E-state index in [2.05, 4.69) is 41.0 Å². The van der Waals surface area contributed by atoms with Gasteiger partial charge in [0.25, 0.3) is 0 Å². The van der Waals surface area contributed by atoms with Gasteiger partial charge in [0.2, 0.25) is 0 Å². The molecule has 1 atom stereocenters. The van der Waals surface area contributed by atoms with Crippen LogP contribution in [0.25, 0.3) is 0 Å². The third-order valence-corrected chi connectivity index (χ3v) is 4.97. The minimum absolute atomic E-state index is 0.256. The summed E-state index contributed by atoms with van der Waals surface area (Å²) in [5.74, 6) is 1.14. The van der Waals surface area contributed by atoms with Crippen molar-refractivity contribution >= 4 is 28.3 Å². The van der Waals surface area contributed by atoms with Crippen LogP contribution in [-0.2, 0) is 6.42 Å². The molecule has 2 rings (SSSR count). The van der Waals surface area contributed by atoms with Crippen molar-refractivity contribution in [2.24, 2.45) is 4.99 Å². The molecule has 1 saturated heterocycles. The molecule has 0 spiro atoms. The van der Waals surface area contributed by atoms with Crippen LogP contribution in [0.15, 0.2) is 21.8 Å². The molecule has 1 aromatic heterocycles. The fourth-order valence-corrected chi connectivity index (χ4v) is 3.49. The third-order valence-electron chi connectivity index (χ3n) is 2.95. The van der Waals surface area contributed by atoms with Crippen molar-refractivity contribution in [3.8, 4) is 0 Å². The van der Waals surface area contributed by atoms with Crippen LogP contribution in [-0.4, -0.2) is 23.0 Å². The van der Waals surface area contributed by atoms with Crippen LogP contribution in [0.1, 0.15) is 25.8 Å². The predicted molar refractivity (Wildman–Crippen MR) is 74.6 cm³/mol. The van der Waals surface area contributed by atoms with E-state index in [9.17, 15) is 0 Å². The van der Waals surface area contributed by atoms with E-state index in [0.717, 1.165) is 30.3 Å². The first kappa shape index (κ1) is 12.0. The van der Waals surface area contributed by atoms with Gasteiger partial charge in [-0.1, -0.05) is 18.7 Å². The molecule has 1 aliphatic rings. The van der Waals surface area contributed by atoms with Gasteiger partial charge < -0.3 is 5.32 Å². The molecule has 0 radical (unpaired) electrons. The Morgan fingerprint density at radius 2 is 2.44 bits per heavy atom. The zero-order chi connectivity index (χ0) is 11.4. The summed E-state index contributed by atoms with van der Waals surface area (Å²) in [6.07, 6.45) is 2.21. The number of hydrogen-bond acceptors (Lipinski definition) is 3. The molecule has 1 unspecified atom stereocenters. The maximum Gasteiger partial charge on any atom is 0.157 e. The first-order chi connectivity index (χ1) is 7.72. The topological polar surface area (TPSA) is 24.4 Å². The molecule has 4 heteroatoms. The van der Waals surface area contributed by atoms with Gasteiger partial charge in [-0.2, -0.15) is 11.3 Å². The third kappa shape index (κ3) is 3.01. The molecular weight excluding hydrogens is 236 g/mol. The Labute approximate surface area is 106 Å². The second kappa shape index (κ2) is 5.23. The van der Waals surface area contributed by atoms with Crippen molar-refractivity contribution in [2.45, 2.75) is 32.2 Å². The number of nitrogens with one attached hydrogen (secondary N) is 1. The van der Waals surface area contributed by atoms with Crippen LogP contribution >= 0.6 is 23.1 Å². The lowest BCUT2D eigenvalue weighted by Crippen LogP contribution is -2.39. The molecule has 0 saturated carbocycles. The summed E-state index contributed by atoms with van der Waals surface area (Å²) in [6, 6.07) is 2.18.